The van der Waals surface area contributed by atoms with Gasteiger partial charge in [-0.2, -0.15) is 4.98 Å². The Labute approximate surface area is 204 Å². The van der Waals surface area contributed by atoms with Gasteiger partial charge < -0.3 is 10.1 Å². The number of nitrogens with one attached hydrogen (secondary N) is 1. The first-order valence-corrected chi connectivity index (χ1v) is 11.6. The monoisotopic (exact) mass is 497 g/mol. The lowest BCUT2D eigenvalue weighted by molar-refractivity contribution is -0.384. The number of nitro benzene ring substituents is 1. The number of esters is 1. The Morgan fingerprint density at radius 2 is 2.06 bits per heavy atom. The Hall–Kier alpha value is -3.63. The molecule has 0 fully saturated rings. The third kappa shape index (κ3) is 4.82. The van der Waals surface area contributed by atoms with Crippen molar-refractivity contribution >= 4 is 41.0 Å². The molecule has 0 bridgehead atoms. The molecule has 0 spiro atoms. The predicted octanol–water partition coefficient (Wildman–Crippen LogP) is 5.15. The number of anilines is 1. The zero-order valence-corrected chi connectivity index (χ0v) is 19.7. The van der Waals surface area contributed by atoms with Crippen molar-refractivity contribution in [2.75, 3.05) is 11.9 Å². The molecule has 0 amide bonds. The van der Waals surface area contributed by atoms with Crippen LogP contribution in [0.5, 0.6) is 0 Å². The van der Waals surface area contributed by atoms with Gasteiger partial charge in [-0.05, 0) is 36.2 Å². The number of halogens is 1. The SMILES string of the molecule is C=CCOC(=O)C1=C(C)Nc2nc(SCc3ccccc3Cl)nn2C1c1ccc([N+](=O)[O-])cc1. The number of hydrogen-bond donors (Lipinski definition) is 1. The largest absolute Gasteiger partial charge is 0.458 e. The number of thioether (sulfide) groups is 1. The van der Waals surface area contributed by atoms with Crippen LogP contribution in [0, 0.1) is 10.1 Å². The first-order valence-electron chi connectivity index (χ1n) is 10.2. The average Bonchev–Trinajstić information content (AvgIpc) is 3.23. The summed E-state index contributed by atoms with van der Waals surface area (Å²) in [6.07, 6.45) is 1.48. The quantitative estimate of drug-likeness (QED) is 0.149. The fourth-order valence-corrected chi connectivity index (χ4v) is 4.63. The number of nitrogens with zero attached hydrogens (tertiary/aromatic N) is 4. The molecule has 11 heteroatoms. The van der Waals surface area contributed by atoms with Crippen molar-refractivity contribution < 1.29 is 14.5 Å². The molecule has 2 aromatic carbocycles. The van der Waals surface area contributed by atoms with E-state index >= 15 is 0 Å². The van der Waals surface area contributed by atoms with E-state index in [1.54, 1.807) is 23.7 Å². The minimum atomic E-state index is -0.684. The Morgan fingerprint density at radius 1 is 1.32 bits per heavy atom. The number of non-ortho nitro benzene ring substituents is 1. The van der Waals surface area contributed by atoms with E-state index in [1.807, 2.05) is 24.3 Å². The molecule has 2 heterocycles. The number of ether oxygens (including phenoxy) is 1. The Morgan fingerprint density at radius 3 is 2.74 bits per heavy atom. The number of allylic oxidation sites excluding steroid dienone is 1. The van der Waals surface area contributed by atoms with Crippen LogP contribution in [0.1, 0.15) is 24.1 Å². The van der Waals surface area contributed by atoms with Crippen LogP contribution in [0.3, 0.4) is 0 Å². The number of aromatic nitrogens is 3. The summed E-state index contributed by atoms with van der Waals surface area (Å²) < 4.78 is 6.90. The van der Waals surface area contributed by atoms with Gasteiger partial charge in [0.25, 0.3) is 5.69 Å². The molecule has 0 aliphatic carbocycles. The van der Waals surface area contributed by atoms with Crippen molar-refractivity contribution in [1.29, 1.82) is 0 Å². The summed E-state index contributed by atoms with van der Waals surface area (Å²) in [6.45, 7) is 5.37. The molecule has 0 saturated carbocycles. The summed E-state index contributed by atoms with van der Waals surface area (Å²) in [5.74, 6) is 0.467. The van der Waals surface area contributed by atoms with E-state index in [0.717, 1.165) is 5.56 Å². The second-order valence-electron chi connectivity index (χ2n) is 7.34. The molecule has 1 N–H and O–H groups in total. The van der Waals surface area contributed by atoms with Crippen LogP contribution in [0.4, 0.5) is 11.6 Å². The number of fused-ring (bicyclic) bond motifs is 1. The summed E-state index contributed by atoms with van der Waals surface area (Å²) in [6, 6.07) is 12.8. The minimum Gasteiger partial charge on any atom is -0.458 e. The van der Waals surface area contributed by atoms with Crippen molar-refractivity contribution in [1.82, 2.24) is 14.8 Å². The number of rotatable bonds is 8. The highest BCUT2D eigenvalue weighted by Crippen LogP contribution is 2.37. The van der Waals surface area contributed by atoms with Gasteiger partial charge >= 0.3 is 5.97 Å². The van der Waals surface area contributed by atoms with Crippen molar-refractivity contribution in [2.45, 2.75) is 23.9 Å². The van der Waals surface area contributed by atoms with Gasteiger partial charge in [-0.3, -0.25) is 10.1 Å². The maximum Gasteiger partial charge on any atom is 0.338 e. The normalized spacial score (nSPS) is 14.8. The second-order valence-corrected chi connectivity index (χ2v) is 8.69. The minimum absolute atomic E-state index is 0.0474. The molecule has 34 heavy (non-hydrogen) atoms. The fraction of sp³-hybridized carbons (Fsp3) is 0.174. The maximum absolute atomic E-state index is 12.9. The molecule has 0 radical (unpaired) electrons. The molecule has 9 nitrogen and oxygen atoms in total. The molecule has 4 rings (SSSR count). The van der Waals surface area contributed by atoms with Gasteiger partial charge in [-0.1, -0.05) is 54.2 Å². The second kappa shape index (κ2) is 10.1. The highest BCUT2D eigenvalue weighted by atomic mass is 35.5. The molecule has 1 unspecified atom stereocenters. The van der Waals surface area contributed by atoms with E-state index in [9.17, 15) is 14.9 Å². The van der Waals surface area contributed by atoms with Gasteiger partial charge in [0, 0.05) is 28.6 Å². The van der Waals surface area contributed by atoms with Crippen LogP contribution in [-0.2, 0) is 15.3 Å². The molecule has 0 saturated heterocycles. The van der Waals surface area contributed by atoms with Gasteiger partial charge in [0.05, 0.1) is 10.5 Å². The summed E-state index contributed by atoms with van der Waals surface area (Å²) >= 11 is 7.66. The van der Waals surface area contributed by atoms with Crippen molar-refractivity contribution in [3.05, 3.63) is 98.7 Å². The maximum atomic E-state index is 12.9. The number of benzene rings is 2. The summed E-state index contributed by atoms with van der Waals surface area (Å²) in [4.78, 5) is 28.1. The first-order chi connectivity index (χ1) is 16.4. The number of nitro groups is 1. The first kappa shape index (κ1) is 23.5. The van der Waals surface area contributed by atoms with E-state index in [1.165, 1.54) is 30.0 Å². The van der Waals surface area contributed by atoms with Gasteiger partial charge in [0.2, 0.25) is 11.1 Å². The number of hydrogen-bond acceptors (Lipinski definition) is 8. The highest BCUT2D eigenvalue weighted by Gasteiger charge is 2.35. The lowest BCUT2D eigenvalue weighted by Gasteiger charge is -2.28. The van der Waals surface area contributed by atoms with Crippen LogP contribution in [0.2, 0.25) is 5.02 Å². The third-order valence-corrected chi connectivity index (χ3v) is 6.37. The fourth-order valence-electron chi connectivity index (χ4n) is 3.51. The zero-order chi connectivity index (χ0) is 24.2. The highest BCUT2D eigenvalue weighted by molar-refractivity contribution is 7.98. The Kier molecular flexibility index (Phi) is 6.99. The summed E-state index contributed by atoms with van der Waals surface area (Å²) in [5.41, 5.74) is 2.41. The van der Waals surface area contributed by atoms with Crippen LogP contribution in [-0.4, -0.2) is 32.3 Å². The van der Waals surface area contributed by atoms with Gasteiger partial charge in [-0.25, -0.2) is 9.48 Å². The standard InChI is InChI=1S/C23H20ClN5O4S/c1-3-12-33-21(30)19-14(2)25-22-26-23(34-13-16-6-4-5-7-18(16)24)27-28(22)20(19)15-8-10-17(11-9-15)29(31)32/h3-11,20H,1,12-13H2,2H3,(H,25,26,27). The van der Waals surface area contributed by atoms with E-state index in [0.29, 0.717) is 38.7 Å². The molecule has 1 aliphatic heterocycles. The number of carbonyl (C=O) groups is 1. The topological polar surface area (TPSA) is 112 Å². The number of carbonyl (C=O) groups excluding carboxylic acids is 1. The van der Waals surface area contributed by atoms with Crippen LogP contribution < -0.4 is 5.32 Å². The van der Waals surface area contributed by atoms with E-state index in [4.69, 9.17) is 16.3 Å². The van der Waals surface area contributed by atoms with Crippen molar-refractivity contribution in [2.24, 2.45) is 0 Å². The van der Waals surface area contributed by atoms with Gasteiger partial charge in [0.1, 0.15) is 12.6 Å². The van der Waals surface area contributed by atoms with Crippen molar-refractivity contribution in [3.63, 3.8) is 0 Å². The smallest absolute Gasteiger partial charge is 0.338 e. The molecular weight excluding hydrogens is 478 g/mol. The van der Waals surface area contributed by atoms with Crippen LogP contribution >= 0.6 is 23.4 Å². The van der Waals surface area contributed by atoms with Gasteiger partial charge in [0.15, 0.2) is 0 Å². The average molecular weight is 498 g/mol. The Bertz CT molecular complexity index is 1290. The van der Waals surface area contributed by atoms with Crippen molar-refractivity contribution in [3.8, 4) is 0 Å². The van der Waals surface area contributed by atoms with Gasteiger partial charge in [-0.15, -0.1) is 5.10 Å². The predicted molar refractivity (Wildman–Crippen MR) is 130 cm³/mol. The van der Waals surface area contributed by atoms with E-state index in [2.05, 4.69) is 22.0 Å². The summed E-state index contributed by atoms with van der Waals surface area (Å²) in [5, 5.41) is 20.0. The lowest BCUT2D eigenvalue weighted by atomic mass is 9.95. The molecule has 3 aromatic rings. The third-order valence-electron chi connectivity index (χ3n) is 5.12. The lowest BCUT2D eigenvalue weighted by Crippen LogP contribution is -2.29. The molecule has 1 atom stereocenters. The van der Waals surface area contributed by atoms with E-state index < -0.39 is 16.9 Å². The zero-order valence-electron chi connectivity index (χ0n) is 18.1. The molecular formula is C23H20ClN5O4S. The van der Waals surface area contributed by atoms with Crippen LogP contribution in [0.15, 0.2) is 77.6 Å². The summed E-state index contributed by atoms with van der Waals surface area (Å²) in [7, 11) is 0. The molecule has 1 aromatic heterocycles. The van der Waals surface area contributed by atoms with Crippen LogP contribution in [0.25, 0.3) is 0 Å². The molecule has 174 valence electrons. The van der Waals surface area contributed by atoms with E-state index in [-0.39, 0.29) is 12.3 Å². The Balaban J connectivity index is 1.70. The molecule has 1 aliphatic rings.